The summed E-state index contributed by atoms with van der Waals surface area (Å²) in [4.78, 5) is 42.8. The summed E-state index contributed by atoms with van der Waals surface area (Å²) in [6.45, 7) is 2.04. The SMILES string of the molecule is Cc1ccc(NC(=O)COC(=O)[C@@H]2CCCCN2C(=O)c2cccnc2)cc1. The minimum absolute atomic E-state index is 0.251. The lowest BCUT2D eigenvalue weighted by molar-refractivity contribution is -0.153. The molecule has 1 aromatic carbocycles. The lowest BCUT2D eigenvalue weighted by Crippen LogP contribution is -2.49. The van der Waals surface area contributed by atoms with Gasteiger partial charge in [0, 0.05) is 24.6 Å². The normalized spacial score (nSPS) is 16.3. The van der Waals surface area contributed by atoms with E-state index in [1.807, 2.05) is 19.1 Å². The van der Waals surface area contributed by atoms with Crippen LogP contribution in [0.4, 0.5) is 5.69 Å². The van der Waals surface area contributed by atoms with Gasteiger partial charge in [-0.15, -0.1) is 0 Å². The number of anilines is 1. The Morgan fingerprint density at radius 2 is 1.96 bits per heavy atom. The molecule has 1 atom stereocenters. The maximum absolute atomic E-state index is 12.7. The molecule has 0 aliphatic carbocycles. The largest absolute Gasteiger partial charge is 0.454 e. The second kappa shape index (κ2) is 9.12. The zero-order valence-corrected chi connectivity index (χ0v) is 15.8. The number of ether oxygens (including phenoxy) is 1. The number of amides is 2. The van der Waals surface area contributed by atoms with E-state index >= 15 is 0 Å². The van der Waals surface area contributed by atoms with Crippen molar-refractivity contribution in [3.63, 3.8) is 0 Å². The van der Waals surface area contributed by atoms with Crippen LogP contribution in [-0.4, -0.2) is 46.9 Å². The van der Waals surface area contributed by atoms with E-state index in [1.54, 1.807) is 30.5 Å². The Balaban J connectivity index is 1.57. The summed E-state index contributed by atoms with van der Waals surface area (Å²) in [5.41, 5.74) is 2.15. The monoisotopic (exact) mass is 381 g/mol. The minimum Gasteiger partial charge on any atom is -0.454 e. The van der Waals surface area contributed by atoms with Crippen molar-refractivity contribution in [1.82, 2.24) is 9.88 Å². The Bertz CT molecular complexity index is 836. The minimum atomic E-state index is -0.686. The predicted octanol–water partition coefficient (Wildman–Crippen LogP) is 2.57. The fraction of sp³-hybridized carbons (Fsp3) is 0.333. The fourth-order valence-electron chi connectivity index (χ4n) is 3.14. The molecule has 1 saturated heterocycles. The number of nitrogens with zero attached hydrogens (tertiary/aromatic N) is 2. The third-order valence-electron chi connectivity index (χ3n) is 4.63. The van der Waals surface area contributed by atoms with Crippen LogP contribution in [0.2, 0.25) is 0 Å². The van der Waals surface area contributed by atoms with Crippen LogP contribution in [0.15, 0.2) is 48.8 Å². The Morgan fingerprint density at radius 3 is 2.68 bits per heavy atom. The van der Waals surface area contributed by atoms with Gasteiger partial charge in [0.25, 0.3) is 11.8 Å². The number of rotatable bonds is 5. The Morgan fingerprint density at radius 1 is 1.18 bits per heavy atom. The standard InChI is InChI=1S/C21H23N3O4/c1-15-7-9-17(10-8-15)23-19(25)14-28-21(27)18-6-2-3-12-24(18)20(26)16-5-4-11-22-13-16/h4-5,7-11,13,18H,2-3,6,12,14H2,1H3,(H,23,25)/t18-/m0/s1. The molecule has 1 aromatic heterocycles. The lowest BCUT2D eigenvalue weighted by Gasteiger charge is -2.34. The molecule has 1 fully saturated rings. The van der Waals surface area contributed by atoms with Gasteiger partial charge in [0.2, 0.25) is 0 Å². The highest BCUT2D eigenvalue weighted by molar-refractivity contribution is 5.97. The van der Waals surface area contributed by atoms with Crippen LogP contribution in [0.3, 0.4) is 0 Å². The van der Waals surface area contributed by atoms with Crippen molar-refractivity contribution in [2.45, 2.75) is 32.2 Å². The zero-order valence-electron chi connectivity index (χ0n) is 15.8. The summed E-state index contributed by atoms with van der Waals surface area (Å²) in [6.07, 6.45) is 5.24. The van der Waals surface area contributed by atoms with E-state index in [2.05, 4.69) is 10.3 Å². The summed E-state index contributed by atoms with van der Waals surface area (Å²) in [5, 5.41) is 2.68. The summed E-state index contributed by atoms with van der Waals surface area (Å²) in [5.74, 6) is -1.23. The van der Waals surface area contributed by atoms with Crippen molar-refractivity contribution in [3.8, 4) is 0 Å². The van der Waals surface area contributed by atoms with Gasteiger partial charge in [0.1, 0.15) is 6.04 Å². The van der Waals surface area contributed by atoms with E-state index < -0.39 is 24.5 Å². The molecule has 28 heavy (non-hydrogen) atoms. The van der Waals surface area contributed by atoms with Gasteiger partial charge in [0.05, 0.1) is 5.56 Å². The van der Waals surface area contributed by atoms with Crippen molar-refractivity contribution in [1.29, 1.82) is 0 Å². The molecule has 0 radical (unpaired) electrons. The summed E-state index contributed by atoms with van der Waals surface area (Å²) >= 11 is 0. The number of pyridine rings is 1. The van der Waals surface area contributed by atoms with Crippen LogP contribution in [0.1, 0.15) is 35.2 Å². The number of likely N-dealkylation sites (tertiary alicyclic amines) is 1. The molecular formula is C21H23N3O4. The average Bonchev–Trinajstić information content (AvgIpc) is 2.74. The van der Waals surface area contributed by atoms with Crippen molar-refractivity contribution < 1.29 is 19.1 Å². The van der Waals surface area contributed by atoms with E-state index in [1.165, 1.54) is 11.1 Å². The van der Waals surface area contributed by atoms with E-state index in [9.17, 15) is 14.4 Å². The van der Waals surface area contributed by atoms with Crippen LogP contribution in [0, 0.1) is 6.92 Å². The fourth-order valence-corrected chi connectivity index (χ4v) is 3.14. The second-order valence-electron chi connectivity index (χ2n) is 6.77. The molecule has 2 amide bonds. The summed E-state index contributed by atoms with van der Waals surface area (Å²) in [7, 11) is 0. The number of aryl methyl sites for hydroxylation is 1. The maximum atomic E-state index is 12.7. The van der Waals surface area contributed by atoms with Gasteiger partial charge in [-0.3, -0.25) is 14.6 Å². The molecule has 146 valence electrons. The van der Waals surface area contributed by atoms with E-state index in [4.69, 9.17) is 4.74 Å². The van der Waals surface area contributed by atoms with Crippen LogP contribution >= 0.6 is 0 Å². The van der Waals surface area contributed by atoms with Gasteiger partial charge >= 0.3 is 5.97 Å². The van der Waals surface area contributed by atoms with E-state index in [-0.39, 0.29) is 5.91 Å². The maximum Gasteiger partial charge on any atom is 0.329 e. The molecule has 2 aromatic rings. The number of hydrogen-bond acceptors (Lipinski definition) is 5. The lowest BCUT2D eigenvalue weighted by atomic mass is 10.0. The van der Waals surface area contributed by atoms with Gasteiger partial charge in [-0.25, -0.2) is 4.79 Å². The van der Waals surface area contributed by atoms with E-state index in [0.717, 1.165) is 18.4 Å². The van der Waals surface area contributed by atoms with Gasteiger partial charge in [-0.05, 0) is 50.5 Å². The van der Waals surface area contributed by atoms with Crippen LogP contribution in [0.25, 0.3) is 0 Å². The number of piperidine rings is 1. The molecule has 1 aliphatic rings. The Labute approximate surface area is 163 Å². The van der Waals surface area contributed by atoms with Crippen LogP contribution < -0.4 is 5.32 Å². The molecule has 7 heteroatoms. The first-order chi connectivity index (χ1) is 13.5. The third-order valence-corrected chi connectivity index (χ3v) is 4.63. The number of hydrogen-bond donors (Lipinski definition) is 1. The van der Waals surface area contributed by atoms with Crippen molar-refractivity contribution in [3.05, 3.63) is 59.9 Å². The first-order valence-electron chi connectivity index (χ1n) is 9.29. The summed E-state index contributed by atoms with van der Waals surface area (Å²) < 4.78 is 5.20. The number of carbonyl (C=O) groups excluding carboxylic acids is 3. The second-order valence-corrected chi connectivity index (χ2v) is 6.77. The Hall–Kier alpha value is -3.22. The molecule has 0 bridgehead atoms. The first-order valence-corrected chi connectivity index (χ1v) is 9.29. The molecule has 0 unspecified atom stereocenters. The number of esters is 1. The molecule has 7 nitrogen and oxygen atoms in total. The van der Waals surface area contributed by atoms with Crippen LogP contribution in [0.5, 0.6) is 0 Å². The summed E-state index contributed by atoms with van der Waals surface area (Å²) in [6, 6.07) is 9.99. The van der Waals surface area contributed by atoms with Crippen LogP contribution in [-0.2, 0) is 14.3 Å². The van der Waals surface area contributed by atoms with Gasteiger partial charge < -0.3 is 15.0 Å². The number of nitrogens with one attached hydrogen (secondary N) is 1. The molecule has 1 N–H and O–H groups in total. The molecule has 3 rings (SSSR count). The predicted molar refractivity (Wildman–Crippen MR) is 104 cm³/mol. The van der Waals surface area contributed by atoms with Crippen molar-refractivity contribution >= 4 is 23.5 Å². The van der Waals surface area contributed by atoms with Crippen molar-refractivity contribution in [2.75, 3.05) is 18.5 Å². The number of aromatic nitrogens is 1. The molecule has 0 spiro atoms. The smallest absolute Gasteiger partial charge is 0.329 e. The van der Waals surface area contributed by atoms with Gasteiger partial charge in [-0.2, -0.15) is 0 Å². The zero-order chi connectivity index (χ0) is 19.9. The number of benzene rings is 1. The highest BCUT2D eigenvalue weighted by Gasteiger charge is 2.34. The topological polar surface area (TPSA) is 88.6 Å². The van der Waals surface area contributed by atoms with Gasteiger partial charge in [0.15, 0.2) is 6.61 Å². The average molecular weight is 381 g/mol. The van der Waals surface area contributed by atoms with E-state index in [0.29, 0.717) is 24.2 Å². The van der Waals surface area contributed by atoms with Gasteiger partial charge in [-0.1, -0.05) is 17.7 Å². The third kappa shape index (κ3) is 4.94. The first kappa shape index (κ1) is 19.5. The molecule has 2 heterocycles. The highest BCUT2D eigenvalue weighted by Crippen LogP contribution is 2.20. The molecular weight excluding hydrogens is 358 g/mol. The quantitative estimate of drug-likeness (QED) is 0.804. The Kier molecular flexibility index (Phi) is 6.37. The van der Waals surface area contributed by atoms with Crippen molar-refractivity contribution in [2.24, 2.45) is 0 Å². The molecule has 0 saturated carbocycles. The molecule has 1 aliphatic heterocycles. The highest BCUT2D eigenvalue weighted by atomic mass is 16.5. The number of carbonyl (C=O) groups is 3.